The van der Waals surface area contributed by atoms with E-state index < -0.39 is 23.3 Å². The van der Waals surface area contributed by atoms with E-state index in [1.54, 1.807) is 31.2 Å². The number of anilines is 2. The van der Waals surface area contributed by atoms with Gasteiger partial charge < -0.3 is 15.4 Å². The SMILES string of the molecule is CC(C)CN(C(=O)C(C)Oc1ccc(C#N)cc1)c1c(N)n(CC(C)C)c(=O)[nH]c1=O. The number of nitriles is 1. The Balaban J connectivity index is 2.45. The van der Waals surface area contributed by atoms with Crippen molar-refractivity contribution >= 4 is 17.4 Å². The minimum Gasteiger partial charge on any atom is -0.481 e. The zero-order chi connectivity index (χ0) is 23.3. The van der Waals surface area contributed by atoms with Crippen LogP contribution in [-0.4, -0.2) is 28.1 Å². The van der Waals surface area contributed by atoms with Crippen molar-refractivity contribution in [3.8, 4) is 11.8 Å². The number of nitrogen functional groups attached to an aromatic ring is 1. The summed E-state index contributed by atoms with van der Waals surface area (Å²) in [7, 11) is 0. The van der Waals surface area contributed by atoms with Gasteiger partial charge in [0.1, 0.15) is 11.6 Å². The number of hydrogen-bond acceptors (Lipinski definition) is 6. The molecule has 2 aromatic rings. The Kier molecular flexibility index (Phi) is 7.64. The molecule has 0 spiro atoms. The Morgan fingerprint density at radius 1 is 1.16 bits per heavy atom. The summed E-state index contributed by atoms with van der Waals surface area (Å²) >= 11 is 0. The summed E-state index contributed by atoms with van der Waals surface area (Å²) in [5, 5.41) is 8.91. The lowest BCUT2D eigenvalue weighted by atomic mass is 10.1. The molecule has 9 heteroatoms. The van der Waals surface area contributed by atoms with Gasteiger partial charge in [0.15, 0.2) is 11.8 Å². The van der Waals surface area contributed by atoms with Crippen LogP contribution < -0.4 is 26.6 Å². The quantitative estimate of drug-likeness (QED) is 0.662. The third-order valence-corrected chi connectivity index (χ3v) is 4.49. The number of carbonyl (C=O) groups excluding carboxylic acids is 1. The van der Waals surface area contributed by atoms with Gasteiger partial charge in [-0.05, 0) is 43.0 Å². The lowest BCUT2D eigenvalue weighted by Gasteiger charge is -2.28. The van der Waals surface area contributed by atoms with Crippen LogP contribution in [0.4, 0.5) is 11.5 Å². The van der Waals surface area contributed by atoms with Gasteiger partial charge in [-0.25, -0.2) is 4.79 Å². The largest absolute Gasteiger partial charge is 0.481 e. The molecule has 166 valence electrons. The van der Waals surface area contributed by atoms with E-state index in [1.807, 2.05) is 33.8 Å². The second kappa shape index (κ2) is 9.98. The number of amides is 1. The van der Waals surface area contributed by atoms with E-state index >= 15 is 0 Å². The van der Waals surface area contributed by atoms with Crippen molar-refractivity contribution in [3.63, 3.8) is 0 Å². The topological polar surface area (TPSA) is 134 Å². The Morgan fingerprint density at radius 3 is 2.29 bits per heavy atom. The van der Waals surface area contributed by atoms with E-state index in [9.17, 15) is 14.4 Å². The molecule has 31 heavy (non-hydrogen) atoms. The zero-order valence-corrected chi connectivity index (χ0v) is 18.5. The standard InChI is InChI=1S/C22H29N5O4/c1-13(2)11-26(18-19(24)27(12-14(3)4)22(30)25-20(18)28)21(29)15(5)31-17-8-6-16(10-23)7-9-17/h6-9,13-15H,11-12,24H2,1-5H3,(H,25,28,30). The summed E-state index contributed by atoms with van der Waals surface area (Å²) in [6, 6.07) is 8.38. The molecule has 0 saturated heterocycles. The molecule has 2 rings (SSSR count). The number of aromatic nitrogens is 2. The van der Waals surface area contributed by atoms with Crippen LogP contribution >= 0.6 is 0 Å². The lowest BCUT2D eigenvalue weighted by Crippen LogP contribution is -2.47. The van der Waals surface area contributed by atoms with Gasteiger partial charge in [0.2, 0.25) is 0 Å². The van der Waals surface area contributed by atoms with Crippen LogP contribution in [0.15, 0.2) is 33.9 Å². The molecule has 3 N–H and O–H groups in total. The molecule has 0 aliphatic heterocycles. The first-order valence-electron chi connectivity index (χ1n) is 10.2. The minimum absolute atomic E-state index is 0.0235. The highest BCUT2D eigenvalue weighted by atomic mass is 16.5. The number of ether oxygens (including phenoxy) is 1. The molecular formula is C22H29N5O4. The Labute approximate surface area is 181 Å². The smallest absolute Gasteiger partial charge is 0.330 e. The monoisotopic (exact) mass is 427 g/mol. The van der Waals surface area contributed by atoms with Gasteiger partial charge in [-0.15, -0.1) is 0 Å². The van der Waals surface area contributed by atoms with Crippen molar-refractivity contribution in [2.24, 2.45) is 11.8 Å². The highest BCUT2D eigenvalue weighted by molar-refractivity contribution is 5.98. The van der Waals surface area contributed by atoms with E-state index in [4.69, 9.17) is 15.7 Å². The van der Waals surface area contributed by atoms with E-state index in [2.05, 4.69) is 4.98 Å². The maximum Gasteiger partial charge on any atom is 0.330 e. The second-order valence-corrected chi connectivity index (χ2v) is 8.24. The molecule has 1 unspecified atom stereocenters. The third-order valence-electron chi connectivity index (χ3n) is 4.49. The molecule has 9 nitrogen and oxygen atoms in total. The first-order chi connectivity index (χ1) is 14.5. The maximum absolute atomic E-state index is 13.3. The molecule has 0 fully saturated rings. The van der Waals surface area contributed by atoms with E-state index in [-0.39, 0.29) is 29.9 Å². The van der Waals surface area contributed by atoms with Crippen molar-refractivity contribution in [2.75, 3.05) is 17.2 Å². The first-order valence-corrected chi connectivity index (χ1v) is 10.2. The number of nitrogens with two attached hydrogens (primary N) is 1. The zero-order valence-electron chi connectivity index (χ0n) is 18.5. The van der Waals surface area contributed by atoms with Gasteiger partial charge in [-0.2, -0.15) is 5.26 Å². The normalized spacial score (nSPS) is 11.9. The van der Waals surface area contributed by atoms with Gasteiger partial charge in [-0.1, -0.05) is 27.7 Å². The fourth-order valence-electron chi connectivity index (χ4n) is 3.12. The number of aromatic amines is 1. The van der Waals surface area contributed by atoms with Crippen LogP contribution in [0.2, 0.25) is 0 Å². The number of H-pyrrole nitrogens is 1. The fraction of sp³-hybridized carbons (Fsp3) is 0.455. The third kappa shape index (κ3) is 5.75. The van der Waals surface area contributed by atoms with Crippen LogP contribution in [0.3, 0.4) is 0 Å². The number of nitrogens with zero attached hydrogens (tertiary/aromatic N) is 3. The van der Waals surface area contributed by atoms with E-state index in [0.29, 0.717) is 17.9 Å². The predicted molar refractivity (Wildman–Crippen MR) is 119 cm³/mol. The molecule has 0 aliphatic rings. The number of nitrogens with one attached hydrogen (secondary N) is 1. The summed E-state index contributed by atoms with van der Waals surface area (Å²) in [6.07, 6.45) is -0.934. The molecule has 1 amide bonds. The van der Waals surface area contributed by atoms with Crippen molar-refractivity contribution in [1.82, 2.24) is 9.55 Å². The Bertz CT molecular complexity index is 1080. The number of hydrogen-bond donors (Lipinski definition) is 2. The predicted octanol–water partition coefficient (Wildman–Crippen LogP) is 2.10. The minimum atomic E-state index is -0.934. The summed E-state index contributed by atoms with van der Waals surface area (Å²) < 4.78 is 7.01. The lowest BCUT2D eigenvalue weighted by molar-refractivity contribution is -0.124. The summed E-state index contributed by atoms with van der Waals surface area (Å²) in [6.45, 7) is 9.73. The fourth-order valence-corrected chi connectivity index (χ4v) is 3.12. The van der Waals surface area contributed by atoms with Crippen LogP contribution in [-0.2, 0) is 11.3 Å². The molecule has 1 atom stereocenters. The summed E-state index contributed by atoms with van der Waals surface area (Å²) in [4.78, 5) is 41.8. The van der Waals surface area contributed by atoms with Crippen LogP contribution in [0.1, 0.15) is 40.2 Å². The average molecular weight is 428 g/mol. The second-order valence-electron chi connectivity index (χ2n) is 8.24. The van der Waals surface area contributed by atoms with Crippen LogP contribution in [0, 0.1) is 23.2 Å². The van der Waals surface area contributed by atoms with E-state index in [0.717, 1.165) is 0 Å². The highest BCUT2D eigenvalue weighted by Crippen LogP contribution is 2.22. The molecule has 0 radical (unpaired) electrons. The van der Waals surface area contributed by atoms with Crippen molar-refractivity contribution in [2.45, 2.75) is 47.3 Å². The number of rotatable bonds is 8. The molecule has 0 aliphatic carbocycles. The summed E-state index contributed by atoms with van der Waals surface area (Å²) in [5.41, 5.74) is 5.29. The van der Waals surface area contributed by atoms with Gasteiger partial charge in [0.25, 0.3) is 11.5 Å². The molecule has 0 bridgehead atoms. The van der Waals surface area contributed by atoms with Crippen LogP contribution in [0.25, 0.3) is 0 Å². The Morgan fingerprint density at radius 2 is 1.77 bits per heavy atom. The molecule has 1 aromatic carbocycles. The number of benzene rings is 1. The van der Waals surface area contributed by atoms with Gasteiger partial charge in [-0.3, -0.25) is 19.1 Å². The Hall–Kier alpha value is -3.54. The molecule has 1 heterocycles. The summed E-state index contributed by atoms with van der Waals surface area (Å²) in [5.74, 6) is 0.0185. The average Bonchev–Trinajstić information content (AvgIpc) is 2.69. The van der Waals surface area contributed by atoms with Crippen molar-refractivity contribution < 1.29 is 9.53 Å². The first kappa shape index (κ1) is 23.7. The number of carbonyl (C=O) groups is 1. The van der Waals surface area contributed by atoms with Gasteiger partial charge in [0.05, 0.1) is 11.6 Å². The van der Waals surface area contributed by atoms with Gasteiger partial charge >= 0.3 is 5.69 Å². The van der Waals surface area contributed by atoms with Crippen molar-refractivity contribution in [3.05, 3.63) is 50.7 Å². The van der Waals surface area contributed by atoms with E-state index in [1.165, 1.54) is 9.47 Å². The van der Waals surface area contributed by atoms with Gasteiger partial charge in [0, 0.05) is 13.1 Å². The maximum atomic E-state index is 13.3. The molecule has 0 saturated carbocycles. The van der Waals surface area contributed by atoms with Crippen LogP contribution in [0.5, 0.6) is 5.75 Å². The molecule has 1 aromatic heterocycles. The molecular weight excluding hydrogens is 398 g/mol. The highest BCUT2D eigenvalue weighted by Gasteiger charge is 2.29. The van der Waals surface area contributed by atoms with Crippen molar-refractivity contribution in [1.29, 1.82) is 5.26 Å².